The molecule has 3 aromatic carbocycles. The number of rotatable bonds is 8. The molecular formula is C24H22ClN3O3. The quantitative estimate of drug-likeness (QED) is 0.390. The molecule has 0 aliphatic carbocycles. The number of carbonyl (C=O) groups excluding carboxylic acids is 2. The highest BCUT2D eigenvalue weighted by atomic mass is 35.5. The highest BCUT2D eigenvalue weighted by Gasteiger charge is 2.10. The molecule has 0 fully saturated rings. The van der Waals surface area contributed by atoms with E-state index in [4.69, 9.17) is 16.3 Å². The molecule has 2 N–H and O–H groups in total. The third-order valence-electron chi connectivity index (χ3n) is 4.27. The Morgan fingerprint density at radius 2 is 1.58 bits per heavy atom. The van der Waals surface area contributed by atoms with Gasteiger partial charge in [-0.25, -0.2) is 5.43 Å². The zero-order chi connectivity index (χ0) is 22.1. The van der Waals surface area contributed by atoms with Crippen LogP contribution in [0.5, 0.6) is 5.75 Å². The van der Waals surface area contributed by atoms with Crippen molar-refractivity contribution < 1.29 is 14.3 Å². The van der Waals surface area contributed by atoms with Crippen LogP contribution in [-0.4, -0.2) is 24.1 Å². The highest BCUT2D eigenvalue weighted by molar-refractivity contribution is 6.32. The summed E-state index contributed by atoms with van der Waals surface area (Å²) in [4.78, 5) is 24.4. The summed E-state index contributed by atoms with van der Waals surface area (Å²) in [6.07, 6.45) is 0.0365. The lowest BCUT2D eigenvalue weighted by molar-refractivity contribution is -0.123. The molecule has 6 nitrogen and oxygen atoms in total. The molecule has 3 aromatic rings. The summed E-state index contributed by atoms with van der Waals surface area (Å²) in [5.74, 6) is -0.267. The fraction of sp³-hybridized carbons (Fsp3) is 0.125. The minimum absolute atomic E-state index is 0.0365. The lowest BCUT2D eigenvalue weighted by Gasteiger charge is -2.11. The van der Waals surface area contributed by atoms with E-state index in [0.29, 0.717) is 22.2 Å². The number of anilines is 1. The summed E-state index contributed by atoms with van der Waals surface area (Å²) in [7, 11) is 0. The maximum Gasteiger partial charge on any atom is 0.277 e. The first-order valence-electron chi connectivity index (χ1n) is 9.66. The van der Waals surface area contributed by atoms with E-state index in [0.717, 1.165) is 11.1 Å². The molecule has 158 valence electrons. The molecule has 0 heterocycles. The zero-order valence-corrected chi connectivity index (χ0v) is 17.7. The van der Waals surface area contributed by atoms with Crippen LogP contribution < -0.4 is 15.5 Å². The Hall–Kier alpha value is -3.64. The van der Waals surface area contributed by atoms with Gasteiger partial charge in [-0.3, -0.25) is 9.59 Å². The molecular weight excluding hydrogens is 414 g/mol. The summed E-state index contributed by atoms with van der Waals surface area (Å²) in [6.45, 7) is 1.43. The maximum atomic E-state index is 12.5. The van der Waals surface area contributed by atoms with Gasteiger partial charge < -0.3 is 10.1 Å². The minimum Gasteiger partial charge on any atom is -0.482 e. The third kappa shape index (κ3) is 6.69. The van der Waals surface area contributed by atoms with Crippen LogP contribution in [0.1, 0.15) is 13.3 Å². The van der Waals surface area contributed by atoms with Crippen molar-refractivity contribution in [1.82, 2.24) is 5.43 Å². The molecule has 0 saturated heterocycles. The van der Waals surface area contributed by atoms with Gasteiger partial charge in [-0.2, -0.15) is 5.10 Å². The van der Waals surface area contributed by atoms with E-state index in [9.17, 15) is 9.59 Å². The van der Waals surface area contributed by atoms with Gasteiger partial charge in [0.25, 0.3) is 5.91 Å². The number of halogens is 1. The number of nitrogens with zero attached hydrogens (tertiary/aromatic N) is 1. The number of ether oxygens (including phenoxy) is 1. The van der Waals surface area contributed by atoms with E-state index in [-0.39, 0.29) is 18.9 Å². The average molecular weight is 436 g/mol. The Balaban J connectivity index is 1.52. The van der Waals surface area contributed by atoms with Crippen LogP contribution in [-0.2, 0) is 9.59 Å². The molecule has 0 aliphatic heterocycles. The van der Waals surface area contributed by atoms with Gasteiger partial charge in [-0.15, -0.1) is 0 Å². The van der Waals surface area contributed by atoms with Crippen molar-refractivity contribution in [3.05, 3.63) is 83.9 Å². The van der Waals surface area contributed by atoms with Crippen LogP contribution in [0.15, 0.2) is 84.0 Å². The van der Waals surface area contributed by atoms with Gasteiger partial charge in [0.15, 0.2) is 6.61 Å². The second-order valence-corrected chi connectivity index (χ2v) is 7.14. The fourth-order valence-corrected chi connectivity index (χ4v) is 3.01. The van der Waals surface area contributed by atoms with Gasteiger partial charge in [0, 0.05) is 17.0 Å². The van der Waals surface area contributed by atoms with Crippen molar-refractivity contribution in [3.8, 4) is 16.9 Å². The second kappa shape index (κ2) is 10.9. The predicted octanol–water partition coefficient (Wildman–Crippen LogP) is 4.91. The zero-order valence-electron chi connectivity index (χ0n) is 17.0. The first kappa shape index (κ1) is 22.1. The first-order chi connectivity index (χ1) is 15.0. The lowest BCUT2D eigenvalue weighted by atomic mass is 10.0. The number of benzene rings is 3. The average Bonchev–Trinajstić information content (AvgIpc) is 2.78. The van der Waals surface area contributed by atoms with Crippen LogP contribution in [0, 0.1) is 0 Å². The molecule has 3 rings (SSSR count). The first-order valence-corrected chi connectivity index (χ1v) is 10.0. The van der Waals surface area contributed by atoms with Crippen molar-refractivity contribution >= 4 is 34.8 Å². The Bertz CT molecular complexity index is 1080. The molecule has 0 aromatic heterocycles. The van der Waals surface area contributed by atoms with Crippen LogP contribution in [0.3, 0.4) is 0 Å². The van der Waals surface area contributed by atoms with E-state index in [2.05, 4.69) is 15.8 Å². The van der Waals surface area contributed by atoms with E-state index in [1.165, 1.54) is 0 Å². The lowest BCUT2D eigenvalue weighted by Crippen LogP contribution is -2.26. The van der Waals surface area contributed by atoms with Crippen molar-refractivity contribution in [2.45, 2.75) is 13.3 Å². The van der Waals surface area contributed by atoms with E-state index in [1.807, 2.05) is 54.6 Å². The number of carbonyl (C=O) groups is 2. The maximum absolute atomic E-state index is 12.5. The van der Waals surface area contributed by atoms with E-state index in [1.54, 1.807) is 31.2 Å². The van der Waals surface area contributed by atoms with Gasteiger partial charge in [-0.05, 0) is 30.7 Å². The fourth-order valence-electron chi connectivity index (χ4n) is 2.82. The smallest absolute Gasteiger partial charge is 0.277 e. The molecule has 0 spiro atoms. The molecule has 0 bridgehead atoms. The van der Waals surface area contributed by atoms with Crippen molar-refractivity contribution in [2.75, 3.05) is 11.9 Å². The highest BCUT2D eigenvalue weighted by Crippen LogP contribution is 2.27. The molecule has 0 atom stereocenters. The van der Waals surface area contributed by atoms with E-state index >= 15 is 0 Å². The van der Waals surface area contributed by atoms with Crippen molar-refractivity contribution in [3.63, 3.8) is 0 Å². The molecule has 2 amide bonds. The number of hydrogen-bond donors (Lipinski definition) is 2. The topological polar surface area (TPSA) is 79.8 Å². The monoisotopic (exact) mass is 435 g/mol. The minimum atomic E-state index is -0.450. The van der Waals surface area contributed by atoms with Crippen molar-refractivity contribution in [2.24, 2.45) is 5.10 Å². The Morgan fingerprint density at radius 3 is 2.35 bits per heavy atom. The summed E-state index contributed by atoms with van der Waals surface area (Å²) < 4.78 is 5.35. The third-order valence-corrected chi connectivity index (χ3v) is 4.58. The number of amides is 2. The molecule has 0 unspecified atom stereocenters. The Morgan fingerprint density at radius 1 is 0.903 bits per heavy atom. The second-order valence-electron chi connectivity index (χ2n) is 6.74. The largest absolute Gasteiger partial charge is 0.482 e. The van der Waals surface area contributed by atoms with Gasteiger partial charge >= 0.3 is 0 Å². The summed E-state index contributed by atoms with van der Waals surface area (Å²) >= 11 is 5.98. The molecule has 0 radical (unpaired) electrons. The standard InChI is InChI=1S/C24H22ClN3O3/c1-17(27-28-24(30)16-31-22-14-8-6-12-20(22)25)15-23(29)26-21-13-7-5-11-19(21)18-9-3-2-4-10-18/h2-14H,15-16H2,1H3,(H,26,29)(H,28,30)/b27-17+. The van der Waals surface area contributed by atoms with Crippen LogP contribution >= 0.6 is 11.6 Å². The number of hydrogen-bond acceptors (Lipinski definition) is 4. The van der Waals surface area contributed by atoms with Crippen molar-refractivity contribution in [1.29, 1.82) is 0 Å². The Kier molecular flexibility index (Phi) is 7.79. The van der Waals surface area contributed by atoms with E-state index < -0.39 is 5.91 Å². The molecule has 0 saturated carbocycles. The van der Waals surface area contributed by atoms with Crippen LogP contribution in [0.25, 0.3) is 11.1 Å². The van der Waals surface area contributed by atoms with Gasteiger partial charge in [0.2, 0.25) is 5.91 Å². The Labute approximate surface area is 185 Å². The SMILES string of the molecule is C/C(CC(=O)Nc1ccccc1-c1ccccc1)=N\NC(=O)COc1ccccc1Cl. The number of nitrogens with one attached hydrogen (secondary N) is 2. The summed E-state index contributed by atoms with van der Waals surface area (Å²) in [6, 6.07) is 24.3. The number of hydrazone groups is 1. The molecule has 7 heteroatoms. The van der Waals surface area contributed by atoms with Crippen LogP contribution in [0.2, 0.25) is 5.02 Å². The van der Waals surface area contributed by atoms with Gasteiger partial charge in [-0.1, -0.05) is 72.3 Å². The summed E-state index contributed by atoms with van der Waals surface area (Å²) in [5, 5.41) is 7.29. The molecule has 31 heavy (non-hydrogen) atoms. The summed E-state index contributed by atoms with van der Waals surface area (Å²) in [5.41, 5.74) is 5.49. The van der Waals surface area contributed by atoms with Gasteiger partial charge in [0.05, 0.1) is 11.4 Å². The number of para-hydroxylation sites is 2. The normalized spacial score (nSPS) is 11.0. The predicted molar refractivity (Wildman–Crippen MR) is 123 cm³/mol. The van der Waals surface area contributed by atoms with Gasteiger partial charge in [0.1, 0.15) is 5.75 Å². The molecule has 0 aliphatic rings. The van der Waals surface area contributed by atoms with Crippen LogP contribution in [0.4, 0.5) is 5.69 Å².